The molecule has 0 bridgehead atoms. The third-order valence-electron chi connectivity index (χ3n) is 3.78. The molecule has 0 aliphatic carbocycles. The summed E-state index contributed by atoms with van der Waals surface area (Å²) in [4.78, 5) is 4.78. The first-order valence-electron chi connectivity index (χ1n) is 6.53. The van der Waals surface area contributed by atoms with E-state index in [1.807, 2.05) is 6.07 Å². The summed E-state index contributed by atoms with van der Waals surface area (Å²) < 4.78 is 0. The molecular weight excluding hydrogens is 246 g/mol. The summed E-state index contributed by atoms with van der Waals surface area (Å²) in [5.74, 6) is 0. The molecule has 1 aromatic rings. The van der Waals surface area contributed by atoms with Crippen molar-refractivity contribution in [2.45, 2.75) is 19.4 Å². The van der Waals surface area contributed by atoms with Crippen LogP contribution in [0.15, 0.2) is 18.2 Å². The van der Waals surface area contributed by atoms with Gasteiger partial charge in [-0.05, 0) is 44.6 Å². The number of aryl methyl sites for hydroxylation is 1. The smallest absolute Gasteiger partial charge is 0.0426 e. The summed E-state index contributed by atoms with van der Waals surface area (Å²) in [5, 5.41) is 0.803. The van der Waals surface area contributed by atoms with E-state index in [0.717, 1.165) is 24.7 Å². The van der Waals surface area contributed by atoms with Crippen LogP contribution in [0.1, 0.15) is 12.0 Å². The van der Waals surface area contributed by atoms with Crippen molar-refractivity contribution in [3.63, 3.8) is 0 Å². The fourth-order valence-electron chi connectivity index (χ4n) is 2.58. The SMILES string of the molecule is Cc1ccc(Cl)cc1N1CCCN(C)C(CN)C1. The zero-order valence-electron chi connectivity index (χ0n) is 11.2. The molecule has 1 aromatic carbocycles. The Balaban J connectivity index is 2.23. The van der Waals surface area contributed by atoms with Gasteiger partial charge in [-0.3, -0.25) is 0 Å². The van der Waals surface area contributed by atoms with E-state index < -0.39 is 0 Å². The van der Waals surface area contributed by atoms with Crippen molar-refractivity contribution in [1.29, 1.82) is 0 Å². The molecule has 1 fully saturated rings. The number of nitrogens with two attached hydrogens (primary N) is 1. The zero-order chi connectivity index (χ0) is 13.1. The molecule has 0 spiro atoms. The van der Waals surface area contributed by atoms with E-state index in [0.29, 0.717) is 12.6 Å². The van der Waals surface area contributed by atoms with E-state index in [2.05, 4.69) is 35.9 Å². The monoisotopic (exact) mass is 267 g/mol. The Hall–Kier alpha value is -0.770. The highest BCUT2D eigenvalue weighted by atomic mass is 35.5. The number of hydrogen-bond donors (Lipinski definition) is 1. The number of rotatable bonds is 2. The Morgan fingerprint density at radius 2 is 2.17 bits per heavy atom. The Kier molecular flexibility index (Phi) is 4.49. The van der Waals surface area contributed by atoms with Crippen molar-refractivity contribution in [2.24, 2.45) is 5.73 Å². The standard InChI is InChI=1S/C14H22ClN3/c1-11-4-5-12(15)8-14(11)18-7-3-6-17(2)13(9-16)10-18/h4-5,8,13H,3,6-7,9-10,16H2,1-2H3. The largest absolute Gasteiger partial charge is 0.370 e. The molecule has 18 heavy (non-hydrogen) atoms. The van der Waals surface area contributed by atoms with Gasteiger partial charge in [0.1, 0.15) is 0 Å². The molecule has 1 unspecified atom stereocenters. The van der Waals surface area contributed by atoms with E-state index in [1.54, 1.807) is 0 Å². The van der Waals surface area contributed by atoms with Gasteiger partial charge in [0.2, 0.25) is 0 Å². The van der Waals surface area contributed by atoms with Gasteiger partial charge in [0.15, 0.2) is 0 Å². The average molecular weight is 268 g/mol. The average Bonchev–Trinajstić information content (AvgIpc) is 2.54. The number of halogens is 1. The topological polar surface area (TPSA) is 32.5 Å². The van der Waals surface area contributed by atoms with Crippen LogP contribution in [-0.4, -0.2) is 44.2 Å². The Morgan fingerprint density at radius 1 is 1.39 bits per heavy atom. The van der Waals surface area contributed by atoms with E-state index in [-0.39, 0.29) is 0 Å². The predicted octanol–water partition coefficient (Wildman–Crippen LogP) is 2.12. The van der Waals surface area contributed by atoms with Crippen molar-refractivity contribution in [2.75, 3.05) is 38.1 Å². The van der Waals surface area contributed by atoms with Crippen LogP contribution in [0.5, 0.6) is 0 Å². The highest BCUT2D eigenvalue weighted by Gasteiger charge is 2.22. The molecular formula is C14H22ClN3. The molecule has 0 radical (unpaired) electrons. The summed E-state index contributed by atoms with van der Waals surface area (Å²) >= 11 is 6.11. The van der Waals surface area contributed by atoms with Crippen molar-refractivity contribution >= 4 is 17.3 Å². The maximum absolute atomic E-state index is 6.11. The quantitative estimate of drug-likeness (QED) is 0.891. The molecule has 2 rings (SSSR count). The minimum atomic E-state index is 0.422. The van der Waals surface area contributed by atoms with E-state index in [1.165, 1.54) is 17.7 Å². The van der Waals surface area contributed by atoms with Gasteiger partial charge in [0, 0.05) is 36.4 Å². The molecule has 0 aromatic heterocycles. The highest BCUT2D eigenvalue weighted by Crippen LogP contribution is 2.26. The molecule has 2 N–H and O–H groups in total. The molecule has 1 aliphatic heterocycles. The minimum absolute atomic E-state index is 0.422. The maximum Gasteiger partial charge on any atom is 0.0426 e. The second kappa shape index (κ2) is 5.91. The van der Waals surface area contributed by atoms with Crippen LogP contribution >= 0.6 is 11.6 Å². The lowest BCUT2D eigenvalue weighted by atomic mass is 10.1. The van der Waals surface area contributed by atoms with Crippen LogP contribution < -0.4 is 10.6 Å². The Labute approximate surface area is 115 Å². The summed E-state index contributed by atoms with van der Waals surface area (Å²) in [6.07, 6.45) is 1.17. The van der Waals surface area contributed by atoms with Crippen molar-refractivity contribution < 1.29 is 0 Å². The van der Waals surface area contributed by atoms with Crippen LogP contribution in [0.4, 0.5) is 5.69 Å². The lowest BCUT2D eigenvalue weighted by molar-refractivity contribution is 0.266. The van der Waals surface area contributed by atoms with Gasteiger partial charge in [-0.25, -0.2) is 0 Å². The fraction of sp³-hybridized carbons (Fsp3) is 0.571. The summed E-state index contributed by atoms with van der Waals surface area (Å²) in [5.41, 5.74) is 8.40. The van der Waals surface area contributed by atoms with Crippen LogP contribution in [0, 0.1) is 6.92 Å². The normalized spacial score (nSPS) is 22.0. The van der Waals surface area contributed by atoms with Crippen LogP contribution in [0.3, 0.4) is 0 Å². The third-order valence-corrected chi connectivity index (χ3v) is 4.01. The summed E-state index contributed by atoms with van der Waals surface area (Å²) in [6.45, 7) is 6.00. The maximum atomic E-state index is 6.11. The summed E-state index contributed by atoms with van der Waals surface area (Å²) in [7, 11) is 2.16. The molecule has 0 amide bonds. The molecule has 4 heteroatoms. The number of hydrogen-bond acceptors (Lipinski definition) is 3. The molecule has 100 valence electrons. The van der Waals surface area contributed by atoms with E-state index >= 15 is 0 Å². The number of nitrogens with zero attached hydrogens (tertiary/aromatic N) is 2. The highest BCUT2D eigenvalue weighted by molar-refractivity contribution is 6.30. The van der Waals surface area contributed by atoms with Gasteiger partial charge >= 0.3 is 0 Å². The van der Waals surface area contributed by atoms with E-state index in [4.69, 9.17) is 17.3 Å². The van der Waals surface area contributed by atoms with Crippen molar-refractivity contribution in [3.05, 3.63) is 28.8 Å². The number of anilines is 1. The second-order valence-electron chi connectivity index (χ2n) is 5.10. The first-order valence-corrected chi connectivity index (χ1v) is 6.91. The first kappa shape index (κ1) is 13.7. The van der Waals surface area contributed by atoms with Gasteiger partial charge < -0.3 is 15.5 Å². The van der Waals surface area contributed by atoms with Gasteiger partial charge in [0.25, 0.3) is 0 Å². The molecule has 0 saturated carbocycles. The van der Waals surface area contributed by atoms with Crippen molar-refractivity contribution in [1.82, 2.24) is 4.90 Å². The minimum Gasteiger partial charge on any atom is -0.370 e. The molecule has 1 aliphatic rings. The van der Waals surface area contributed by atoms with Crippen LogP contribution in [0.25, 0.3) is 0 Å². The first-order chi connectivity index (χ1) is 8.61. The second-order valence-corrected chi connectivity index (χ2v) is 5.54. The lowest BCUT2D eigenvalue weighted by Crippen LogP contribution is -2.44. The zero-order valence-corrected chi connectivity index (χ0v) is 12.0. The molecule has 1 heterocycles. The Morgan fingerprint density at radius 3 is 2.89 bits per heavy atom. The van der Waals surface area contributed by atoms with E-state index in [9.17, 15) is 0 Å². The predicted molar refractivity (Wildman–Crippen MR) is 78.5 cm³/mol. The van der Waals surface area contributed by atoms with Gasteiger partial charge in [-0.1, -0.05) is 17.7 Å². The van der Waals surface area contributed by atoms with Crippen LogP contribution in [0.2, 0.25) is 5.02 Å². The van der Waals surface area contributed by atoms with Gasteiger partial charge in [-0.2, -0.15) is 0 Å². The van der Waals surface area contributed by atoms with Gasteiger partial charge in [-0.15, -0.1) is 0 Å². The van der Waals surface area contributed by atoms with Gasteiger partial charge in [0.05, 0.1) is 0 Å². The summed E-state index contributed by atoms with van der Waals surface area (Å²) in [6, 6.07) is 6.52. The van der Waals surface area contributed by atoms with Crippen molar-refractivity contribution in [3.8, 4) is 0 Å². The van der Waals surface area contributed by atoms with Crippen LogP contribution in [-0.2, 0) is 0 Å². The molecule has 3 nitrogen and oxygen atoms in total. The molecule has 1 atom stereocenters. The number of likely N-dealkylation sites (N-methyl/N-ethyl adjacent to an activating group) is 1. The molecule has 1 saturated heterocycles. The number of benzene rings is 1. The lowest BCUT2D eigenvalue weighted by Gasteiger charge is -2.30. The Bertz CT molecular complexity index is 408. The third kappa shape index (κ3) is 2.97. The fourth-order valence-corrected chi connectivity index (χ4v) is 2.74.